The predicted molar refractivity (Wildman–Crippen MR) is 49.3 cm³/mol. The maximum absolute atomic E-state index is 12.8. The fraction of sp³-hybridized carbons (Fsp3) is 0.125. The summed E-state index contributed by atoms with van der Waals surface area (Å²) in [6.07, 6.45) is 0.109. The summed E-state index contributed by atoms with van der Waals surface area (Å²) in [5, 5.41) is 1.90. The molecular formula is C8H6F3NO3S. The zero-order valence-corrected chi connectivity index (χ0v) is 8.47. The number of carbonyl (C=O) groups is 1. The molecular weight excluding hydrogens is 247 g/mol. The van der Waals surface area contributed by atoms with Crippen LogP contribution in [0.15, 0.2) is 23.1 Å². The highest BCUT2D eigenvalue weighted by atomic mass is 32.2. The second-order valence-electron chi connectivity index (χ2n) is 2.71. The van der Waals surface area contributed by atoms with Gasteiger partial charge in [-0.2, -0.15) is 8.78 Å². The fourth-order valence-electron chi connectivity index (χ4n) is 1.01. The van der Waals surface area contributed by atoms with Crippen molar-refractivity contribution in [1.82, 2.24) is 0 Å². The first-order valence-electron chi connectivity index (χ1n) is 3.91. The Morgan fingerprint density at radius 3 is 2.44 bits per heavy atom. The van der Waals surface area contributed by atoms with Crippen molar-refractivity contribution in [3.8, 4) is 0 Å². The highest BCUT2D eigenvalue weighted by Crippen LogP contribution is 2.26. The highest BCUT2D eigenvalue weighted by Gasteiger charge is 2.29. The van der Waals surface area contributed by atoms with Gasteiger partial charge >= 0.3 is 5.76 Å². The minimum Gasteiger partial charge on any atom is -0.328 e. The molecule has 0 bridgehead atoms. The van der Waals surface area contributed by atoms with E-state index in [-0.39, 0.29) is 6.41 Å². The van der Waals surface area contributed by atoms with Gasteiger partial charge in [-0.05, 0) is 18.2 Å². The summed E-state index contributed by atoms with van der Waals surface area (Å²) in [6, 6.07) is 2.16. The van der Waals surface area contributed by atoms with Gasteiger partial charge in [-0.3, -0.25) is 4.79 Å². The molecule has 4 nitrogen and oxygen atoms in total. The summed E-state index contributed by atoms with van der Waals surface area (Å²) in [4.78, 5) is 9.17. The summed E-state index contributed by atoms with van der Waals surface area (Å²) in [6.45, 7) is 0. The van der Waals surface area contributed by atoms with Gasteiger partial charge in [0.1, 0.15) is 5.82 Å². The van der Waals surface area contributed by atoms with Crippen LogP contribution < -0.4 is 5.32 Å². The van der Waals surface area contributed by atoms with E-state index >= 15 is 0 Å². The van der Waals surface area contributed by atoms with E-state index in [0.29, 0.717) is 6.07 Å². The number of sulfone groups is 1. The van der Waals surface area contributed by atoms with E-state index in [0.717, 1.165) is 12.1 Å². The van der Waals surface area contributed by atoms with Crippen LogP contribution in [0.2, 0.25) is 0 Å². The van der Waals surface area contributed by atoms with Crippen molar-refractivity contribution in [3.63, 3.8) is 0 Å². The maximum atomic E-state index is 12.8. The molecule has 0 saturated carbocycles. The van der Waals surface area contributed by atoms with Crippen LogP contribution in [0.4, 0.5) is 18.9 Å². The lowest BCUT2D eigenvalue weighted by atomic mass is 10.3. The molecule has 0 aliphatic heterocycles. The Labute approximate surface area is 89.0 Å². The van der Waals surface area contributed by atoms with Gasteiger partial charge in [0.05, 0.1) is 10.6 Å². The molecule has 1 rings (SSSR count). The zero-order valence-electron chi connectivity index (χ0n) is 7.65. The molecule has 0 aliphatic carbocycles. The Morgan fingerprint density at radius 1 is 1.31 bits per heavy atom. The molecule has 1 N–H and O–H groups in total. The molecule has 0 fully saturated rings. The Balaban J connectivity index is 3.41. The predicted octanol–water partition coefficient (Wildman–Crippen LogP) is 1.39. The van der Waals surface area contributed by atoms with Gasteiger partial charge in [-0.15, -0.1) is 0 Å². The number of alkyl halides is 2. The monoisotopic (exact) mass is 253 g/mol. The topological polar surface area (TPSA) is 63.2 Å². The van der Waals surface area contributed by atoms with Crippen LogP contribution in [0.1, 0.15) is 0 Å². The van der Waals surface area contributed by atoms with Gasteiger partial charge in [0.15, 0.2) is 0 Å². The van der Waals surface area contributed by atoms with Crippen molar-refractivity contribution >= 4 is 21.9 Å². The summed E-state index contributed by atoms with van der Waals surface area (Å²) < 4.78 is 59.4. The summed E-state index contributed by atoms with van der Waals surface area (Å²) in [5.41, 5.74) is -0.392. The molecule has 16 heavy (non-hydrogen) atoms. The first-order valence-corrected chi connectivity index (χ1v) is 5.46. The van der Waals surface area contributed by atoms with Crippen LogP contribution in [-0.4, -0.2) is 20.6 Å². The van der Waals surface area contributed by atoms with Crippen LogP contribution in [0.3, 0.4) is 0 Å². The van der Waals surface area contributed by atoms with Crippen LogP contribution in [0, 0.1) is 5.82 Å². The van der Waals surface area contributed by atoms with Crippen molar-refractivity contribution in [2.45, 2.75) is 10.7 Å². The average Bonchev–Trinajstić information content (AvgIpc) is 2.20. The largest absolute Gasteiger partial charge is 0.341 e. The molecule has 88 valence electrons. The van der Waals surface area contributed by atoms with Gasteiger partial charge < -0.3 is 5.32 Å². The highest BCUT2D eigenvalue weighted by molar-refractivity contribution is 7.91. The van der Waals surface area contributed by atoms with E-state index in [9.17, 15) is 26.4 Å². The lowest BCUT2D eigenvalue weighted by Gasteiger charge is -2.08. The average molecular weight is 253 g/mol. The van der Waals surface area contributed by atoms with Gasteiger partial charge in [0.25, 0.3) is 0 Å². The first kappa shape index (κ1) is 12.5. The second kappa shape index (κ2) is 4.52. The number of amides is 1. The molecule has 0 radical (unpaired) electrons. The summed E-state index contributed by atoms with van der Waals surface area (Å²) >= 11 is 0. The molecule has 0 atom stereocenters. The van der Waals surface area contributed by atoms with Crippen molar-refractivity contribution in [2.24, 2.45) is 0 Å². The summed E-state index contributed by atoms with van der Waals surface area (Å²) in [7, 11) is -4.95. The molecule has 0 spiro atoms. The standard InChI is InChI=1S/C8H6F3NO3S/c9-5-1-2-6(12-4-13)7(3-5)16(14,15)8(10)11/h1-4,8H,(H,12,13). The lowest BCUT2D eigenvalue weighted by Crippen LogP contribution is -2.14. The Hall–Kier alpha value is -1.57. The smallest absolute Gasteiger partial charge is 0.328 e. The third-order valence-electron chi connectivity index (χ3n) is 1.70. The van der Waals surface area contributed by atoms with Crippen LogP contribution in [0.25, 0.3) is 0 Å². The fourth-order valence-corrected chi connectivity index (χ4v) is 1.91. The van der Waals surface area contributed by atoms with Crippen molar-refractivity contribution in [1.29, 1.82) is 0 Å². The number of carbonyl (C=O) groups excluding carboxylic acids is 1. The lowest BCUT2D eigenvalue weighted by molar-refractivity contribution is -0.105. The number of hydrogen-bond acceptors (Lipinski definition) is 3. The second-order valence-corrected chi connectivity index (χ2v) is 4.59. The van der Waals surface area contributed by atoms with Gasteiger partial charge in [0.2, 0.25) is 16.2 Å². The van der Waals surface area contributed by atoms with Crippen molar-refractivity contribution in [3.05, 3.63) is 24.0 Å². The van der Waals surface area contributed by atoms with E-state index in [2.05, 4.69) is 0 Å². The Bertz CT molecular complexity index is 501. The number of halogens is 3. The van der Waals surface area contributed by atoms with Crippen molar-refractivity contribution < 1.29 is 26.4 Å². The zero-order chi connectivity index (χ0) is 12.3. The molecule has 0 unspecified atom stereocenters. The summed E-state index contributed by atoms with van der Waals surface area (Å²) in [5.74, 6) is -4.67. The normalized spacial score (nSPS) is 11.5. The molecule has 0 saturated heterocycles. The van der Waals surface area contributed by atoms with E-state index in [1.165, 1.54) is 0 Å². The van der Waals surface area contributed by atoms with Crippen LogP contribution >= 0.6 is 0 Å². The molecule has 0 heterocycles. The molecule has 1 amide bonds. The number of anilines is 1. The first-order chi connectivity index (χ1) is 7.39. The SMILES string of the molecule is O=CNc1ccc(F)cc1S(=O)(=O)C(F)F. The van der Waals surface area contributed by atoms with Crippen LogP contribution in [-0.2, 0) is 14.6 Å². The molecule has 0 aromatic heterocycles. The van der Waals surface area contributed by atoms with Gasteiger partial charge in [-0.25, -0.2) is 12.8 Å². The Kier molecular flexibility index (Phi) is 3.53. The Morgan fingerprint density at radius 2 is 1.94 bits per heavy atom. The minimum atomic E-state index is -4.95. The van der Waals surface area contributed by atoms with E-state index in [1.54, 1.807) is 0 Å². The van der Waals surface area contributed by atoms with Gasteiger partial charge in [-0.1, -0.05) is 0 Å². The number of benzene rings is 1. The number of nitrogens with one attached hydrogen (secondary N) is 1. The molecule has 0 aliphatic rings. The molecule has 8 heteroatoms. The minimum absolute atomic E-state index is 0.109. The van der Waals surface area contributed by atoms with Crippen molar-refractivity contribution in [2.75, 3.05) is 5.32 Å². The number of hydrogen-bond donors (Lipinski definition) is 1. The maximum Gasteiger partial charge on any atom is 0.341 e. The number of rotatable bonds is 4. The third-order valence-corrected chi connectivity index (χ3v) is 3.12. The van der Waals surface area contributed by atoms with E-state index in [4.69, 9.17) is 0 Å². The van der Waals surface area contributed by atoms with E-state index in [1.807, 2.05) is 5.32 Å². The van der Waals surface area contributed by atoms with Crippen LogP contribution in [0.5, 0.6) is 0 Å². The van der Waals surface area contributed by atoms with Gasteiger partial charge in [0, 0.05) is 0 Å². The quantitative estimate of drug-likeness (QED) is 0.825. The molecule has 1 aromatic rings. The molecule has 1 aromatic carbocycles. The van der Waals surface area contributed by atoms with E-state index < -0.39 is 32.0 Å². The third kappa shape index (κ3) is 2.32.